The Labute approximate surface area is 162 Å². The molecule has 3 rings (SSSR count). The fourth-order valence-electron chi connectivity index (χ4n) is 2.12. The van der Waals surface area contributed by atoms with Crippen LogP contribution in [0.2, 0.25) is 0 Å². The van der Waals surface area contributed by atoms with Crippen LogP contribution in [0.25, 0.3) is 11.3 Å². The van der Waals surface area contributed by atoms with Gasteiger partial charge in [0, 0.05) is 14.5 Å². The van der Waals surface area contributed by atoms with Gasteiger partial charge in [-0.3, -0.25) is 5.43 Å². The van der Waals surface area contributed by atoms with E-state index in [4.69, 9.17) is 4.74 Å². The topological polar surface area (TPSA) is 63.6 Å². The molecule has 0 atom stereocenters. The lowest BCUT2D eigenvalue weighted by Gasteiger charge is -2.03. The van der Waals surface area contributed by atoms with Crippen LogP contribution in [0, 0.1) is 3.57 Å². The molecule has 0 aliphatic heterocycles. The highest BCUT2D eigenvalue weighted by molar-refractivity contribution is 14.1. The van der Waals surface area contributed by atoms with Gasteiger partial charge in [0.15, 0.2) is 0 Å². The maximum absolute atomic E-state index is 11.6. The molecular weight excluding hydrogens is 449 g/mol. The Hall–Kier alpha value is -2.26. The lowest BCUT2D eigenvalue weighted by atomic mass is 10.1. The predicted octanol–water partition coefficient (Wildman–Crippen LogP) is 4.65. The van der Waals surface area contributed by atoms with Gasteiger partial charge >= 0.3 is 5.97 Å². The van der Waals surface area contributed by atoms with Crippen molar-refractivity contribution in [3.05, 3.63) is 68.6 Å². The zero-order valence-corrected chi connectivity index (χ0v) is 16.2. The Bertz CT molecular complexity index is 910. The minimum atomic E-state index is -0.345. The first kappa shape index (κ1) is 17.6. The number of ether oxygens (including phenoxy) is 1. The van der Waals surface area contributed by atoms with Gasteiger partial charge in [0.05, 0.1) is 24.6 Å². The van der Waals surface area contributed by atoms with E-state index in [9.17, 15) is 4.79 Å². The molecule has 1 heterocycles. The van der Waals surface area contributed by atoms with Gasteiger partial charge in [0.25, 0.3) is 0 Å². The molecule has 126 valence electrons. The van der Waals surface area contributed by atoms with Crippen LogP contribution in [0.5, 0.6) is 0 Å². The smallest absolute Gasteiger partial charge is 0.338 e. The second kappa shape index (κ2) is 8.21. The quantitative estimate of drug-likeness (QED) is 0.259. The number of hydrogen-bond acceptors (Lipinski definition) is 6. The van der Waals surface area contributed by atoms with Crippen LogP contribution >= 0.6 is 33.9 Å². The summed E-state index contributed by atoms with van der Waals surface area (Å²) in [5.41, 5.74) is 6.35. The van der Waals surface area contributed by atoms with Gasteiger partial charge in [-0.2, -0.15) is 5.10 Å². The Balaban J connectivity index is 1.67. The van der Waals surface area contributed by atoms with E-state index in [1.807, 2.05) is 47.8 Å². The molecule has 1 N–H and O–H groups in total. The van der Waals surface area contributed by atoms with Crippen LogP contribution in [-0.2, 0) is 4.74 Å². The van der Waals surface area contributed by atoms with Gasteiger partial charge in [-0.15, -0.1) is 11.3 Å². The van der Waals surface area contributed by atoms with Crippen LogP contribution in [0.15, 0.2) is 59.0 Å². The summed E-state index contributed by atoms with van der Waals surface area (Å²) in [6, 6.07) is 15.4. The molecular formula is C18H14IN3O2S. The number of anilines is 1. The Morgan fingerprint density at radius 1 is 1.28 bits per heavy atom. The molecule has 25 heavy (non-hydrogen) atoms. The second-order valence-corrected chi connectivity index (χ2v) is 7.03. The van der Waals surface area contributed by atoms with E-state index in [0.717, 1.165) is 25.5 Å². The van der Waals surface area contributed by atoms with Crippen molar-refractivity contribution in [1.82, 2.24) is 4.98 Å². The Morgan fingerprint density at radius 3 is 2.80 bits per heavy atom. The van der Waals surface area contributed by atoms with Crippen LogP contribution in [0.3, 0.4) is 0 Å². The molecule has 0 aliphatic rings. The number of hydrazone groups is 1. The van der Waals surface area contributed by atoms with Gasteiger partial charge in [-0.1, -0.05) is 36.4 Å². The number of esters is 1. The number of rotatable bonds is 5. The number of nitrogens with one attached hydrogen (secondary N) is 1. The number of carbonyl (C=O) groups is 1. The van der Waals surface area contributed by atoms with Crippen molar-refractivity contribution in [2.45, 2.75) is 0 Å². The number of benzene rings is 2. The molecule has 0 saturated heterocycles. The van der Waals surface area contributed by atoms with Crippen molar-refractivity contribution in [2.24, 2.45) is 5.10 Å². The summed E-state index contributed by atoms with van der Waals surface area (Å²) >= 11 is 3.60. The highest BCUT2D eigenvalue weighted by atomic mass is 127. The molecule has 0 amide bonds. The fourth-order valence-corrected chi connectivity index (χ4v) is 3.54. The predicted molar refractivity (Wildman–Crippen MR) is 109 cm³/mol. The summed E-state index contributed by atoms with van der Waals surface area (Å²) in [7, 11) is 1.37. The molecule has 0 spiro atoms. The number of thiazole rings is 1. The summed E-state index contributed by atoms with van der Waals surface area (Å²) < 4.78 is 5.55. The monoisotopic (exact) mass is 463 g/mol. The van der Waals surface area contributed by atoms with E-state index in [0.29, 0.717) is 5.56 Å². The third-order valence-corrected chi connectivity index (χ3v) is 4.99. The van der Waals surface area contributed by atoms with Crippen LogP contribution in [0.1, 0.15) is 15.9 Å². The highest BCUT2D eigenvalue weighted by Crippen LogP contribution is 2.24. The molecule has 0 unspecified atom stereocenters. The number of carbonyl (C=O) groups excluding carboxylic acids is 1. The van der Waals surface area contributed by atoms with Crippen molar-refractivity contribution < 1.29 is 9.53 Å². The second-order valence-electron chi connectivity index (χ2n) is 5.00. The van der Waals surface area contributed by atoms with E-state index < -0.39 is 0 Å². The van der Waals surface area contributed by atoms with E-state index >= 15 is 0 Å². The summed E-state index contributed by atoms with van der Waals surface area (Å²) in [4.78, 5) is 16.1. The first-order valence-electron chi connectivity index (χ1n) is 7.35. The molecule has 0 radical (unpaired) electrons. The first-order valence-corrected chi connectivity index (χ1v) is 9.31. The molecule has 0 saturated carbocycles. The molecule has 0 bridgehead atoms. The molecule has 2 aromatic carbocycles. The highest BCUT2D eigenvalue weighted by Gasteiger charge is 2.09. The molecule has 0 fully saturated rings. The van der Waals surface area contributed by atoms with Crippen molar-refractivity contribution in [2.75, 3.05) is 12.5 Å². The first-order chi connectivity index (χ1) is 12.2. The van der Waals surface area contributed by atoms with Gasteiger partial charge in [-0.05, 0) is 40.3 Å². The third-order valence-electron chi connectivity index (χ3n) is 3.35. The molecule has 7 heteroatoms. The van der Waals surface area contributed by atoms with Crippen LogP contribution in [-0.4, -0.2) is 24.3 Å². The van der Waals surface area contributed by atoms with Gasteiger partial charge < -0.3 is 4.74 Å². The van der Waals surface area contributed by atoms with Crippen molar-refractivity contribution in [3.63, 3.8) is 0 Å². The maximum Gasteiger partial charge on any atom is 0.338 e. The zero-order chi connectivity index (χ0) is 17.6. The molecule has 0 aliphatic carbocycles. The van der Waals surface area contributed by atoms with Crippen molar-refractivity contribution in [1.29, 1.82) is 0 Å². The number of nitrogens with zero attached hydrogens (tertiary/aromatic N) is 2. The lowest BCUT2D eigenvalue weighted by molar-refractivity contribution is 0.0599. The average Bonchev–Trinajstić information content (AvgIpc) is 3.11. The summed E-state index contributed by atoms with van der Waals surface area (Å²) in [6.45, 7) is 0. The fraction of sp³-hybridized carbons (Fsp3) is 0.0556. The Morgan fingerprint density at radius 2 is 2.08 bits per heavy atom. The largest absolute Gasteiger partial charge is 0.465 e. The summed E-state index contributed by atoms with van der Waals surface area (Å²) in [5.74, 6) is -0.345. The Kier molecular flexibility index (Phi) is 5.77. The minimum absolute atomic E-state index is 0.345. The molecule has 1 aromatic heterocycles. The summed E-state index contributed by atoms with van der Waals surface area (Å²) in [5, 5.41) is 6.91. The van der Waals surface area contributed by atoms with Gasteiger partial charge in [0.1, 0.15) is 0 Å². The van der Waals surface area contributed by atoms with E-state index in [-0.39, 0.29) is 5.97 Å². The van der Waals surface area contributed by atoms with Crippen molar-refractivity contribution in [3.8, 4) is 11.3 Å². The molecule has 5 nitrogen and oxygen atoms in total. The van der Waals surface area contributed by atoms with E-state index in [2.05, 4.69) is 38.1 Å². The van der Waals surface area contributed by atoms with Gasteiger partial charge in [-0.25, -0.2) is 9.78 Å². The lowest BCUT2D eigenvalue weighted by Crippen LogP contribution is -2.04. The normalized spacial score (nSPS) is 10.8. The number of aromatic nitrogens is 1. The SMILES string of the molecule is COC(=O)c1ccc(C=NNc2nc(-c3ccccc3)cs2)cc1I. The standard InChI is InChI=1S/C18H14IN3O2S/c1-24-17(23)14-8-7-12(9-15(14)19)10-20-22-18-21-16(11-25-18)13-5-3-2-4-6-13/h2-11H,1H3,(H,21,22). The summed E-state index contributed by atoms with van der Waals surface area (Å²) in [6.07, 6.45) is 1.69. The zero-order valence-electron chi connectivity index (χ0n) is 13.3. The molecule has 3 aromatic rings. The van der Waals surface area contributed by atoms with E-state index in [1.165, 1.54) is 18.4 Å². The van der Waals surface area contributed by atoms with E-state index in [1.54, 1.807) is 12.3 Å². The van der Waals surface area contributed by atoms with Crippen molar-refractivity contribution >= 4 is 51.2 Å². The number of methoxy groups -OCH3 is 1. The number of halogens is 1. The van der Waals surface area contributed by atoms with Crippen LogP contribution < -0.4 is 5.43 Å². The third kappa shape index (κ3) is 4.43. The van der Waals surface area contributed by atoms with Crippen LogP contribution in [0.4, 0.5) is 5.13 Å². The maximum atomic E-state index is 11.6. The number of hydrogen-bond donors (Lipinski definition) is 1. The average molecular weight is 463 g/mol. The van der Waals surface area contributed by atoms with Gasteiger partial charge in [0.2, 0.25) is 5.13 Å². The minimum Gasteiger partial charge on any atom is -0.465 e.